The van der Waals surface area contributed by atoms with E-state index < -0.39 is 0 Å². The van der Waals surface area contributed by atoms with Gasteiger partial charge in [0.15, 0.2) is 0 Å². The SMILES string of the molecule is C[C@@H]1CN(c2n[nH]c(Cc3c(F)cccc3Cl)n2)CCN1. The molecule has 0 bridgehead atoms. The Labute approximate surface area is 127 Å². The summed E-state index contributed by atoms with van der Waals surface area (Å²) < 4.78 is 13.8. The van der Waals surface area contributed by atoms with Crippen LogP contribution >= 0.6 is 11.6 Å². The van der Waals surface area contributed by atoms with Gasteiger partial charge < -0.3 is 10.2 Å². The van der Waals surface area contributed by atoms with Gasteiger partial charge in [0, 0.05) is 42.7 Å². The maximum Gasteiger partial charge on any atom is 0.244 e. The fraction of sp³-hybridized carbons (Fsp3) is 0.429. The number of nitrogens with one attached hydrogen (secondary N) is 2. The molecule has 1 aliphatic heterocycles. The van der Waals surface area contributed by atoms with Crippen molar-refractivity contribution in [1.82, 2.24) is 20.5 Å². The first-order valence-corrected chi connectivity index (χ1v) is 7.34. The molecule has 0 amide bonds. The Kier molecular flexibility index (Phi) is 4.07. The van der Waals surface area contributed by atoms with Gasteiger partial charge in [-0.25, -0.2) is 4.39 Å². The number of rotatable bonds is 3. The average Bonchev–Trinajstić information content (AvgIpc) is 2.92. The van der Waals surface area contributed by atoms with Gasteiger partial charge in [0.05, 0.1) is 0 Å². The zero-order valence-electron chi connectivity index (χ0n) is 11.7. The van der Waals surface area contributed by atoms with Crippen LogP contribution in [0.2, 0.25) is 5.02 Å². The van der Waals surface area contributed by atoms with Crippen LogP contribution in [0, 0.1) is 5.82 Å². The standard InChI is InChI=1S/C14H17ClFN5/c1-9-8-21(6-5-17-9)14-18-13(19-20-14)7-10-11(15)3-2-4-12(10)16/h2-4,9,17H,5-8H2,1H3,(H,18,19,20)/t9-/m1/s1. The van der Waals surface area contributed by atoms with Gasteiger partial charge >= 0.3 is 0 Å². The summed E-state index contributed by atoms with van der Waals surface area (Å²) >= 11 is 6.03. The molecule has 7 heteroatoms. The molecule has 0 radical (unpaired) electrons. The van der Waals surface area contributed by atoms with Crippen LogP contribution in [-0.4, -0.2) is 40.9 Å². The minimum absolute atomic E-state index is 0.306. The van der Waals surface area contributed by atoms with E-state index in [1.807, 2.05) is 0 Å². The molecular weight excluding hydrogens is 293 g/mol. The van der Waals surface area contributed by atoms with E-state index in [0.29, 0.717) is 34.8 Å². The van der Waals surface area contributed by atoms with Crippen molar-refractivity contribution in [2.45, 2.75) is 19.4 Å². The average molecular weight is 310 g/mol. The largest absolute Gasteiger partial charge is 0.337 e. The molecule has 2 N–H and O–H groups in total. The van der Waals surface area contributed by atoms with E-state index in [1.165, 1.54) is 6.07 Å². The molecule has 2 aromatic rings. The lowest BCUT2D eigenvalue weighted by Gasteiger charge is -2.30. The van der Waals surface area contributed by atoms with E-state index in [0.717, 1.165) is 19.6 Å². The Morgan fingerprint density at radius 2 is 2.33 bits per heavy atom. The van der Waals surface area contributed by atoms with Crippen molar-refractivity contribution in [3.8, 4) is 0 Å². The molecule has 0 aliphatic carbocycles. The number of aromatic nitrogens is 3. The second kappa shape index (κ2) is 5.99. The van der Waals surface area contributed by atoms with Crippen LogP contribution in [0.3, 0.4) is 0 Å². The summed E-state index contributed by atoms with van der Waals surface area (Å²) in [5.41, 5.74) is 0.440. The topological polar surface area (TPSA) is 56.8 Å². The molecule has 0 unspecified atom stereocenters. The second-order valence-electron chi connectivity index (χ2n) is 5.26. The van der Waals surface area contributed by atoms with Crippen LogP contribution in [0.15, 0.2) is 18.2 Å². The minimum atomic E-state index is -0.323. The fourth-order valence-corrected chi connectivity index (χ4v) is 2.72. The summed E-state index contributed by atoms with van der Waals surface area (Å²) in [6.45, 7) is 4.75. The zero-order valence-corrected chi connectivity index (χ0v) is 12.5. The van der Waals surface area contributed by atoms with Crippen molar-refractivity contribution < 1.29 is 4.39 Å². The van der Waals surface area contributed by atoms with Gasteiger partial charge in [-0.1, -0.05) is 17.7 Å². The number of hydrogen-bond acceptors (Lipinski definition) is 4. The van der Waals surface area contributed by atoms with Gasteiger partial charge in [0.2, 0.25) is 5.95 Å². The van der Waals surface area contributed by atoms with Crippen molar-refractivity contribution in [3.63, 3.8) is 0 Å². The molecule has 0 spiro atoms. The lowest BCUT2D eigenvalue weighted by atomic mass is 10.1. The molecule has 5 nitrogen and oxygen atoms in total. The molecule has 3 rings (SSSR count). The summed E-state index contributed by atoms with van der Waals surface area (Å²) in [7, 11) is 0. The maximum atomic E-state index is 13.8. The van der Waals surface area contributed by atoms with E-state index >= 15 is 0 Å². The molecule has 1 aliphatic rings. The highest BCUT2D eigenvalue weighted by Gasteiger charge is 2.19. The first kappa shape index (κ1) is 14.3. The van der Waals surface area contributed by atoms with Gasteiger partial charge in [-0.05, 0) is 19.1 Å². The van der Waals surface area contributed by atoms with Crippen molar-refractivity contribution in [1.29, 1.82) is 0 Å². The molecule has 112 valence electrons. The minimum Gasteiger partial charge on any atom is -0.337 e. The molecule has 1 fully saturated rings. The Bertz CT molecular complexity index is 609. The summed E-state index contributed by atoms with van der Waals surface area (Å²) in [4.78, 5) is 6.57. The molecule has 1 atom stereocenters. The number of hydrogen-bond donors (Lipinski definition) is 2. The van der Waals surface area contributed by atoms with Gasteiger partial charge in [-0.2, -0.15) is 4.98 Å². The van der Waals surface area contributed by atoms with E-state index in [4.69, 9.17) is 11.6 Å². The Hall–Kier alpha value is -1.66. The van der Waals surface area contributed by atoms with E-state index in [2.05, 4.69) is 32.3 Å². The number of H-pyrrole nitrogens is 1. The highest BCUT2D eigenvalue weighted by Crippen LogP contribution is 2.21. The molecule has 1 saturated heterocycles. The molecule has 1 aromatic carbocycles. The molecule has 0 saturated carbocycles. The monoisotopic (exact) mass is 309 g/mol. The molecular formula is C14H17ClFN5. The summed E-state index contributed by atoms with van der Waals surface area (Å²) in [5, 5.41) is 10.9. The van der Waals surface area contributed by atoms with Gasteiger partial charge in [-0.15, -0.1) is 5.10 Å². The summed E-state index contributed by atoms with van der Waals surface area (Å²) in [6.07, 6.45) is 0.306. The predicted octanol–water partition coefficient (Wildman–Crippen LogP) is 1.99. The third-order valence-corrected chi connectivity index (χ3v) is 3.93. The number of benzene rings is 1. The van der Waals surface area contributed by atoms with E-state index in [-0.39, 0.29) is 5.82 Å². The Morgan fingerprint density at radius 3 is 3.10 bits per heavy atom. The van der Waals surface area contributed by atoms with Crippen LogP contribution in [0.1, 0.15) is 18.3 Å². The van der Waals surface area contributed by atoms with Crippen LogP contribution in [0.25, 0.3) is 0 Å². The van der Waals surface area contributed by atoms with Crippen LogP contribution in [0.5, 0.6) is 0 Å². The quantitative estimate of drug-likeness (QED) is 0.910. The van der Waals surface area contributed by atoms with E-state index in [1.54, 1.807) is 12.1 Å². The zero-order chi connectivity index (χ0) is 14.8. The lowest BCUT2D eigenvalue weighted by Crippen LogP contribution is -2.49. The Morgan fingerprint density at radius 1 is 1.48 bits per heavy atom. The first-order valence-electron chi connectivity index (χ1n) is 6.96. The van der Waals surface area contributed by atoms with Crippen molar-refractivity contribution in [2.24, 2.45) is 0 Å². The highest BCUT2D eigenvalue weighted by molar-refractivity contribution is 6.31. The number of anilines is 1. The third-order valence-electron chi connectivity index (χ3n) is 3.58. The van der Waals surface area contributed by atoms with E-state index in [9.17, 15) is 4.39 Å². The van der Waals surface area contributed by atoms with Crippen molar-refractivity contribution in [2.75, 3.05) is 24.5 Å². The molecule has 2 heterocycles. The lowest BCUT2D eigenvalue weighted by molar-refractivity contribution is 0.480. The van der Waals surface area contributed by atoms with Gasteiger partial charge in [0.1, 0.15) is 11.6 Å². The summed E-state index contributed by atoms with van der Waals surface area (Å²) in [5.74, 6) is 0.949. The predicted molar refractivity (Wildman–Crippen MR) is 80.3 cm³/mol. The smallest absolute Gasteiger partial charge is 0.244 e. The fourth-order valence-electron chi connectivity index (χ4n) is 2.49. The third kappa shape index (κ3) is 3.16. The molecule has 21 heavy (non-hydrogen) atoms. The first-order chi connectivity index (χ1) is 10.1. The van der Waals surface area contributed by atoms with Crippen LogP contribution < -0.4 is 10.2 Å². The van der Waals surface area contributed by atoms with Crippen molar-refractivity contribution >= 4 is 17.5 Å². The van der Waals surface area contributed by atoms with Gasteiger partial charge in [0.25, 0.3) is 0 Å². The number of aromatic amines is 1. The number of piperazine rings is 1. The maximum absolute atomic E-state index is 13.8. The summed E-state index contributed by atoms with van der Waals surface area (Å²) in [6, 6.07) is 5.07. The van der Waals surface area contributed by atoms with Gasteiger partial charge in [-0.3, -0.25) is 5.10 Å². The number of halogens is 2. The van der Waals surface area contributed by atoms with Crippen molar-refractivity contribution in [3.05, 3.63) is 40.4 Å². The van der Waals surface area contributed by atoms with Crippen LogP contribution in [-0.2, 0) is 6.42 Å². The number of nitrogens with zero attached hydrogens (tertiary/aromatic N) is 3. The molecule has 1 aromatic heterocycles. The Balaban J connectivity index is 1.76. The highest BCUT2D eigenvalue weighted by atomic mass is 35.5. The normalized spacial score (nSPS) is 19.0. The van der Waals surface area contributed by atoms with Crippen LogP contribution in [0.4, 0.5) is 10.3 Å². The second-order valence-corrected chi connectivity index (χ2v) is 5.67.